The predicted octanol–water partition coefficient (Wildman–Crippen LogP) is 2.34. The van der Waals surface area contributed by atoms with E-state index >= 15 is 0 Å². The van der Waals surface area contributed by atoms with Crippen LogP contribution in [-0.2, 0) is 29.8 Å². The van der Waals surface area contributed by atoms with Crippen molar-refractivity contribution in [2.45, 2.75) is 17.9 Å². The summed E-state index contributed by atoms with van der Waals surface area (Å²) in [6.07, 6.45) is 5.15. The van der Waals surface area contributed by atoms with E-state index in [1.807, 2.05) is 0 Å². The quantitative estimate of drug-likeness (QED) is 0.180. The van der Waals surface area contributed by atoms with Gasteiger partial charge in [-0.2, -0.15) is 18.7 Å². The van der Waals surface area contributed by atoms with Gasteiger partial charge in [0, 0.05) is 5.92 Å². The van der Waals surface area contributed by atoms with Gasteiger partial charge in [0.25, 0.3) is 0 Å². The average molecular weight is 556 g/mol. The van der Waals surface area contributed by atoms with Crippen molar-refractivity contribution in [3.05, 3.63) is 23.6 Å². The fraction of sp³-hybridized carbons (Fsp3) is 0.417. The summed E-state index contributed by atoms with van der Waals surface area (Å²) < 4.78 is 59.9. The summed E-state index contributed by atoms with van der Waals surface area (Å²) in [4.78, 5) is 48.3. The number of hydrogen-bond donors (Lipinski definition) is 5. The number of alkyl halides is 2. The Labute approximate surface area is 188 Å². The number of imidazole rings is 1. The summed E-state index contributed by atoms with van der Waals surface area (Å²) >= 11 is 10.4. The first kappa shape index (κ1) is 25.7. The van der Waals surface area contributed by atoms with Crippen LogP contribution in [0.15, 0.2) is 18.5 Å². The number of rotatable bonds is 8. The molecule has 0 radical (unpaired) electrons. The molecule has 0 bridgehead atoms. The molecule has 0 saturated heterocycles. The standard InChI is InChI=1S/C12H15ClF2N5O8P3S/c13-9-8-10(19-11(16)18-9)20(5-17-8)7-2-1-6(3-7)4-27-31(26,32)28-30(24,25)12(14,15)29(21,22)23/h1-2,5-7H,3-4H2,(H,24,25)(H,26,32)(H2,16,18,19)(H2,21,22,23)/t6-,7+,31?/m1/s1. The first-order valence-electron chi connectivity index (χ1n) is 8.33. The predicted molar refractivity (Wildman–Crippen MR) is 111 cm³/mol. The molecule has 0 saturated carbocycles. The largest absolute Gasteiger partial charge is 0.444 e. The first-order chi connectivity index (χ1) is 14.5. The van der Waals surface area contributed by atoms with Crippen molar-refractivity contribution in [2.24, 2.45) is 5.92 Å². The average Bonchev–Trinajstić information content (AvgIpc) is 3.24. The Morgan fingerprint density at radius 3 is 2.56 bits per heavy atom. The maximum atomic E-state index is 13.5. The fourth-order valence-electron chi connectivity index (χ4n) is 2.79. The van der Waals surface area contributed by atoms with Crippen LogP contribution in [0.5, 0.6) is 0 Å². The van der Waals surface area contributed by atoms with E-state index in [4.69, 9.17) is 31.6 Å². The Morgan fingerprint density at radius 2 is 1.94 bits per heavy atom. The number of aromatic nitrogens is 4. The van der Waals surface area contributed by atoms with E-state index in [9.17, 15) is 27.7 Å². The number of nitrogens with zero attached hydrogens (tertiary/aromatic N) is 4. The highest BCUT2D eigenvalue weighted by Gasteiger charge is 2.66. The number of nitrogens with two attached hydrogens (primary N) is 1. The lowest BCUT2D eigenvalue weighted by Crippen LogP contribution is -2.18. The van der Waals surface area contributed by atoms with Gasteiger partial charge < -0.3 is 34.4 Å². The topological polar surface area (TPSA) is 203 Å². The Bertz CT molecular complexity index is 1220. The molecule has 1 aliphatic rings. The highest BCUT2D eigenvalue weighted by molar-refractivity contribution is 8.08. The lowest BCUT2D eigenvalue weighted by molar-refractivity contribution is 0.104. The second-order valence-corrected chi connectivity index (χ2v) is 13.8. The zero-order valence-corrected chi connectivity index (χ0v) is 19.7. The van der Waals surface area contributed by atoms with E-state index in [1.54, 1.807) is 16.7 Å². The SMILES string of the molecule is Nc1nc(Cl)c2ncn([C@H]3C=C[C@@H](COP(O)(=S)OP(=O)(O)C(F)(F)P(=O)(O)O)C3)c2n1. The van der Waals surface area contributed by atoms with E-state index in [-0.39, 0.29) is 17.1 Å². The molecule has 4 atom stereocenters. The first-order valence-corrected chi connectivity index (χ1v) is 14.5. The number of hydrogen-bond acceptors (Lipinski definition) is 9. The summed E-state index contributed by atoms with van der Waals surface area (Å²) in [7, 11) is -12.8. The third kappa shape index (κ3) is 5.11. The van der Waals surface area contributed by atoms with Crippen LogP contribution in [0.4, 0.5) is 14.7 Å². The Balaban J connectivity index is 1.66. The molecule has 6 N–H and O–H groups in total. The molecule has 178 valence electrons. The van der Waals surface area contributed by atoms with Crippen LogP contribution in [0.2, 0.25) is 5.15 Å². The molecule has 0 aromatic carbocycles. The molecule has 0 amide bonds. The van der Waals surface area contributed by atoms with E-state index in [1.165, 1.54) is 6.33 Å². The van der Waals surface area contributed by atoms with Crippen LogP contribution in [0, 0.1) is 5.92 Å². The van der Waals surface area contributed by atoms with Crippen molar-refractivity contribution in [3.8, 4) is 0 Å². The third-order valence-corrected chi connectivity index (χ3v) is 10.5. The van der Waals surface area contributed by atoms with Crippen LogP contribution < -0.4 is 5.73 Å². The molecular weight excluding hydrogens is 541 g/mol. The van der Waals surface area contributed by atoms with Crippen molar-refractivity contribution in [3.63, 3.8) is 0 Å². The van der Waals surface area contributed by atoms with Crippen molar-refractivity contribution in [1.82, 2.24) is 19.5 Å². The Hall–Kier alpha value is -0.890. The minimum atomic E-state index is -6.39. The molecule has 2 aromatic rings. The van der Waals surface area contributed by atoms with Gasteiger partial charge in [0.05, 0.1) is 19.0 Å². The summed E-state index contributed by atoms with van der Waals surface area (Å²) in [6, 6.07) is -0.320. The van der Waals surface area contributed by atoms with E-state index in [0.29, 0.717) is 17.6 Å². The number of halogens is 3. The van der Waals surface area contributed by atoms with Crippen molar-refractivity contribution in [2.75, 3.05) is 12.3 Å². The molecule has 2 unspecified atom stereocenters. The molecule has 0 aliphatic heterocycles. The second-order valence-electron chi connectivity index (χ2n) is 6.56. The molecule has 0 fully saturated rings. The maximum absolute atomic E-state index is 13.5. The second kappa shape index (κ2) is 8.71. The molecule has 2 heterocycles. The number of fused-ring (bicyclic) bond motifs is 1. The summed E-state index contributed by atoms with van der Waals surface area (Å²) in [5.41, 5.74) is 6.28. The van der Waals surface area contributed by atoms with Crippen LogP contribution >= 0.6 is 33.5 Å². The summed E-state index contributed by atoms with van der Waals surface area (Å²) in [5, 5.41) is -5.42. The van der Waals surface area contributed by atoms with Gasteiger partial charge in [-0.15, -0.1) is 0 Å². The smallest absolute Gasteiger partial charge is 0.368 e. The zero-order chi connectivity index (χ0) is 24.1. The van der Waals surface area contributed by atoms with Gasteiger partial charge in [0.1, 0.15) is 5.52 Å². The van der Waals surface area contributed by atoms with Gasteiger partial charge in [0.2, 0.25) is 5.95 Å². The molecule has 32 heavy (non-hydrogen) atoms. The lowest BCUT2D eigenvalue weighted by atomic mass is 10.1. The lowest BCUT2D eigenvalue weighted by Gasteiger charge is -2.26. The van der Waals surface area contributed by atoms with Gasteiger partial charge in [-0.25, -0.2) is 9.29 Å². The molecule has 13 nitrogen and oxygen atoms in total. The Kier molecular flexibility index (Phi) is 7.01. The van der Waals surface area contributed by atoms with E-state index in [0.717, 1.165) is 0 Å². The van der Waals surface area contributed by atoms with Crippen LogP contribution in [0.1, 0.15) is 12.5 Å². The molecule has 0 spiro atoms. The molecule has 3 rings (SSSR count). The highest BCUT2D eigenvalue weighted by Crippen LogP contribution is 2.77. The Morgan fingerprint density at radius 1 is 1.28 bits per heavy atom. The van der Waals surface area contributed by atoms with Gasteiger partial charge >= 0.3 is 27.3 Å². The van der Waals surface area contributed by atoms with E-state index in [2.05, 4.69) is 31.1 Å². The summed E-state index contributed by atoms with van der Waals surface area (Å²) in [6.45, 7) is -5.19. The van der Waals surface area contributed by atoms with Crippen molar-refractivity contribution < 1.29 is 46.3 Å². The van der Waals surface area contributed by atoms with Crippen molar-refractivity contribution >= 4 is 62.4 Å². The monoisotopic (exact) mass is 555 g/mol. The maximum Gasteiger partial charge on any atom is 0.444 e. The molecule has 20 heteroatoms. The number of anilines is 1. The summed E-state index contributed by atoms with van der Waals surface area (Å²) in [5.74, 6) is -0.518. The molecule has 2 aromatic heterocycles. The number of allylic oxidation sites excluding steroid dienone is 1. The minimum absolute atomic E-state index is 0.0618. The fourth-order valence-corrected chi connectivity index (χ4v) is 7.73. The van der Waals surface area contributed by atoms with Crippen molar-refractivity contribution in [1.29, 1.82) is 0 Å². The van der Waals surface area contributed by atoms with Gasteiger partial charge in [-0.1, -0.05) is 23.8 Å². The zero-order valence-electron chi connectivity index (χ0n) is 15.5. The minimum Gasteiger partial charge on any atom is -0.368 e. The molecule has 1 aliphatic carbocycles. The van der Waals surface area contributed by atoms with Crippen LogP contribution in [0.25, 0.3) is 11.2 Å². The third-order valence-electron chi connectivity index (χ3n) is 4.26. The van der Waals surface area contributed by atoms with Gasteiger partial charge in [0.15, 0.2) is 10.8 Å². The number of nitrogen functional groups attached to an aromatic ring is 1. The normalized spacial score (nSPS) is 23.3. The molecular formula is C12H15ClF2N5O8P3S. The van der Waals surface area contributed by atoms with Gasteiger partial charge in [-0.05, 0) is 18.2 Å². The van der Waals surface area contributed by atoms with Crippen LogP contribution in [-0.4, -0.2) is 51.1 Å². The highest BCUT2D eigenvalue weighted by atomic mass is 35.5. The van der Waals surface area contributed by atoms with E-state index < -0.39 is 39.8 Å². The van der Waals surface area contributed by atoms with Gasteiger partial charge in [-0.3, -0.25) is 9.13 Å². The van der Waals surface area contributed by atoms with Crippen LogP contribution in [0.3, 0.4) is 0 Å².